The first-order valence-electron chi connectivity index (χ1n) is 5.58. The Morgan fingerprint density at radius 3 is 2.83 bits per heavy atom. The largest absolute Gasteiger partial charge is 0.481 e. The molecule has 2 rings (SSSR count). The molecule has 5 nitrogen and oxygen atoms in total. The first-order valence-corrected chi connectivity index (χ1v) is 6.46. The van der Waals surface area contributed by atoms with Crippen LogP contribution in [-0.4, -0.2) is 23.0 Å². The molecule has 0 spiro atoms. The highest BCUT2D eigenvalue weighted by Crippen LogP contribution is 2.20. The molecular formula is C12H14N2O3S. The number of carbonyl (C=O) groups is 2. The Labute approximate surface area is 108 Å². The van der Waals surface area contributed by atoms with Crippen molar-refractivity contribution in [1.29, 1.82) is 0 Å². The molecular weight excluding hydrogens is 252 g/mol. The predicted octanol–water partition coefficient (Wildman–Crippen LogP) is 0.893. The number of hydrogen-bond acceptors (Lipinski definition) is 4. The van der Waals surface area contributed by atoms with Crippen LogP contribution in [0.15, 0.2) is 29.7 Å². The fraction of sp³-hybridized carbons (Fsp3) is 0.333. The second kappa shape index (κ2) is 5.32. The molecule has 1 amide bonds. The predicted molar refractivity (Wildman–Crippen MR) is 68.1 cm³/mol. The Balaban J connectivity index is 1.90. The summed E-state index contributed by atoms with van der Waals surface area (Å²) in [4.78, 5) is 23.4. The highest BCUT2D eigenvalue weighted by molar-refractivity contribution is 7.10. The van der Waals surface area contributed by atoms with Gasteiger partial charge in [-0.15, -0.1) is 11.3 Å². The summed E-state index contributed by atoms with van der Waals surface area (Å²) in [6, 6.07) is 2.70. The normalized spacial score (nSPS) is 23.8. The van der Waals surface area contributed by atoms with Gasteiger partial charge in [-0.25, -0.2) is 0 Å². The van der Waals surface area contributed by atoms with Crippen molar-refractivity contribution in [2.75, 3.05) is 0 Å². The van der Waals surface area contributed by atoms with Crippen molar-refractivity contribution in [2.24, 2.45) is 11.7 Å². The molecule has 1 aromatic heterocycles. The summed E-state index contributed by atoms with van der Waals surface area (Å²) in [6.45, 7) is 0. The number of aliphatic carboxylic acids is 1. The van der Waals surface area contributed by atoms with Crippen LogP contribution >= 0.6 is 11.3 Å². The SMILES string of the molecule is NC(C(=O)NC1C=CC(C(=O)O)C1)c1cccs1. The monoisotopic (exact) mass is 266 g/mol. The van der Waals surface area contributed by atoms with Gasteiger partial charge in [-0.1, -0.05) is 18.2 Å². The fourth-order valence-electron chi connectivity index (χ4n) is 1.86. The van der Waals surface area contributed by atoms with Crippen molar-refractivity contribution in [3.63, 3.8) is 0 Å². The number of nitrogens with one attached hydrogen (secondary N) is 1. The quantitative estimate of drug-likeness (QED) is 0.706. The van der Waals surface area contributed by atoms with Gasteiger partial charge in [0.1, 0.15) is 6.04 Å². The van der Waals surface area contributed by atoms with Crippen molar-refractivity contribution in [1.82, 2.24) is 5.32 Å². The molecule has 18 heavy (non-hydrogen) atoms. The van der Waals surface area contributed by atoms with E-state index in [-0.39, 0.29) is 11.9 Å². The number of carboxylic acid groups (broad SMARTS) is 1. The average molecular weight is 266 g/mol. The topological polar surface area (TPSA) is 92.4 Å². The van der Waals surface area contributed by atoms with Crippen LogP contribution in [0.4, 0.5) is 0 Å². The summed E-state index contributed by atoms with van der Waals surface area (Å²) in [6.07, 6.45) is 3.69. The highest BCUT2D eigenvalue weighted by Gasteiger charge is 2.27. The van der Waals surface area contributed by atoms with E-state index in [2.05, 4.69) is 5.32 Å². The van der Waals surface area contributed by atoms with Gasteiger partial charge in [-0.2, -0.15) is 0 Å². The summed E-state index contributed by atoms with van der Waals surface area (Å²) < 4.78 is 0. The molecule has 0 bridgehead atoms. The third-order valence-corrected chi connectivity index (χ3v) is 3.82. The van der Waals surface area contributed by atoms with E-state index in [0.29, 0.717) is 6.42 Å². The molecule has 3 atom stereocenters. The Morgan fingerprint density at radius 2 is 2.28 bits per heavy atom. The molecule has 0 saturated carbocycles. The number of rotatable bonds is 4. The van der Waals surface area contributed by atoms with Gasteiger partial charge in [0.2, 0.25) is 5.91 Å². The van der Waals surface area contributed by atoms with Crippen LogP contribution in [0.3, 0.4) is 0 Å². The zero-order chi connectivity index (χ0) is 13.1. The zero-order valence-corrected chi connectivity index (χ0v) is 10.4. The summed E-state index contributed by atoms with van der Waals surface area (Å²) in [5.74, 6) is -1.67. The van der Waals surface area contributed by atoms with E-state index in [1.54, 1.807) is 18.2 Å². The molecule has 1 aliphatic rings. The molecule has 0 aromatic carbocycles. The first kappa shape index (κ1) is 12.8. The lowest BCUT2D eigenvalue weighted by atomic mass is 10.1. The third kappa shape index (κ3) is 2.77. The molecule has 3 unspecified atom stereocenters. The van der Waals surface area contributed by atoms with Crippen molar-refractivity contribution in [3.05, 3.63) is 34.5 Å². The van der Waals surface area contributed by atoms with Crippen LogP contribution in [0.2, 0.25) is 0 Å². The van der Waals surface area contributed by atoms with E-state index in [1.807, 2.05) is 11.4 Å². The Hall–Kier alpha value is -1.66. The van der Waals surface area contributed by atoms with Crippen molar-refractivity contribution < 1.29 is 14.7 Å². The lowest BCUT2D eigenvalue weighted by Crippen LogP contribution is -2.39. The minimum atomic E-state index is -0.870. The molecule has 96 valence electrons. The Kier molecular flexibility index (Phi) is 3.78. The second-order valence-electron chi connectivity index (χ2n) is 4.17. The van der Waals surface area contributed by atoms with Crippen LogP contribution in [0.5, 0.6) is 0 Å². The maximum Gasteiger partial charge on any atom is 0.310 e. The number of amides is 1. The van der Waals surface area contributed by atoms with Crippen LogP contribution < -0.4 is 11.1 Å². The minimum Gasteiger partial charge on any atom is -0.481 e. The average Bonchev–Trinajstić information content (AvgIpc) is 2.98. The summed E-state index contributed by atoms with van der Waals surface area (Å²) >= 11 is 1.42. The second-order valence-corrected chi connectivity index (χ2v) is 5.15. The molecule has 0 saturated heterocycles. The van der Waals surface area contributed by atoms with E-state index >= 15 is 0 Å². The smallest absolute Gasteiger partial charge is 0.310 e. The summed E-state index contributed by atoms with van der Waals surface area (Å²) in [5, 5.41) is 13.4. The third-order valence-electron chi connectivity index (χ3n) is 2.86. The van der Waals surface area contributed by atoms with Crippen LogP contribution in [0.25, 0.3) is 0 Å². The number of nitrogens with two attached hydrogens (primary N) is 1. The lowest BCUT2D eigenvalue weighted by Gasteiger charge is -2.15. The van der Waals surface area contributed by atoms with Crippen LogP contribution in [0.1, 0.15) is 17.3 Å². The number of carbonyl (C=O) groups excluding carboxylic acids is 1. The molecule has 6 heteroatoms. The van der Waals surface area contributed by atoms with Crippen LogP contribution in [0, 0.1) is 5.92 Å². The van der Waals surface area contributed by atoms with Crippen molar-refractivity contribution in [2.45, 2.75) is 18.5 Å². The molecule has 4 N–H and O–H groups in total. The molecule has 1 heterocycles. The zero-order valence-electron chi connectivity index (χ0n) is 9.58. The van der Waals surface area contributed by atoms with E-state index < -0.39 is 17.9 Å². The van der Waals surface area contributed by atoms with Gasteiger partial charge in [0.25, 0.3) is 0 Å². The number of thiophene rings is 1. The van der Waals surface area contributed by atoms with Crippen LogP contribution in [-0.2, 0) is 9.59 Å². The Morgan fingerprint density at radius 1 is 1.50 bits per heavy atom. The van der Waals surface area contributed by atoms with Gasteiger partial charge in [-0.05, 0) is 17.9 Å². The molecule has 0 aliphatic heterocycles. The van der Waals surface area contributed by atoms with Gasteiger partial charge in [-0.3, -0.25) is 9.59 Å². The van der Waals surface area contributed by atoms with Gasteiger partial charge in [0, 0.05) is 10.9 Å². The van der Waals surface area contributed by atoms with Gasteiger partial charge < -0.3 is 16.2 Å². The van der Waals surface area contributed by atoms with E-state index in [4.69, 9.17) is 10.8 Å². The summed E-state index contributed by atoms with van der Waals surface area (Å²) in [7, 11) is 0. The standard InChI is InChI=1S/C12H14N2O3S/c13-10(9-2-1-5-18-9)11(15)14-8-4-3-7(6-8)12(16)17/h1-5,7-8,10H,6,13H2,(H,14,15)(H,16,17). The van der Waals surface area contributed by atoms with Gasteiger partial charge in [0.15, 0.2) is 0 Å². The van der Waals surface area contributed by atoms with E-state index in [1.165, 1.54) is 11.3 Å². The van der Waals surface area contributed by atoms with Gasteiger partial charge in [0.05, 0.1) is 5.92 Å². The maximum atomic E-state index is 11.9. The van der Waals surface area contributed by atoms with Gasteiger partial charge >= 0.3 is 5.97 Å². The minimum absolute atomic E-state index is 0.246. The number of carboxylic acids is 1. The summed E-state index contributed by atoms with van der Waals surface area (Å²) in [5.41, 5.74) is 5.81. The highest BCUT2D eigenvalue weighted by atomic mass is 32.1. The molecule has 0 fully saturated rings. The van der Waals surface area contributed by atoms with Crippen molar-refractivity contribution in [3.8, 4) is 0 Å². The molecule has 1 aliphatic carbocycles. The lowest BCUT2D eigenvalue weighted by molar-refractivity contribution is -0.140. The van der Waals surface area contributed by atoms with E-state index in [0.717, 1.165) is 4.88 Å². The van der Waals surface area contributed by atoms with E-state index in [9.17, 15) is 9.59 Å². The molecule has 0 radical (unpaired) electrons. The maximum absolute atomic E-state index is 11.9. The van der Waals surface area contributed by atoms with Crippen molar-refractivity contribution >= 4 is 23.2 Å². The first-order chi connectivity index (χ1) is 8.58. The molecule has 1 aromatic rings. The fourth-order valence-corrected chi connectivity index (χ4v) is 2.58. The number of hydrogen-bond donors (Lipinski definition) is 3. The Bertz CT molecular complexity index is 470.